The average molecular weight is 675 g/mol. The molecule has 0 amide bonds. The number of hydrogen-bond donors (Lipinski definition) is 3. The molecule has 2 heterocycles. The van der Waals surface area contributed by atoms with Gasteiger partial charge in [-0.3, -0.25) is 14.4 Å². The Labute approximate surface area is 285 Å². The Kier molecular flexibility index (Phi) is 8.58. The summed E-state index contributed by atoms with van der Waals surface area (Å²) in [4.78, 5) is 37.0. The van der Waals surface area contributed by atoms with Crippen LogP contribution in [-0.2, 0) is 33.3 Å². The van der Waals surface area contributed by atoms with Crippen LogP contribution in [0.2, 0.25) is 0 Å². The zero-order valence-corrected chi connectivity index (χ0v) is 30.4. The second kappa shape index (κ2) is 11.5. The number of carbonyl (C=O) groups is 3. The van der Waals surface area contributed by atoms with Gasteiger partial charge in [0.2, 0.25) is 0 Å². The summed E-state index contributed by atoms with van der Waals surface area (Å²) in [5, 5.41) is 32.2. The van der Waals surface area contributed by atoms with Gasteiger partial charge >= 0.3 is 17.9 Å². The Morgan fingerprint density at radius 1 is 0.958 bits per heavy atom. The Balaban J connectivity index is 1.34. The van der Waals surface area contributed by atoms with Crippen LogP contribution in [0.25, 0.3) is 0 Å². The normalized spacial score (nSPS) is 45.3. The summed E-state index contributed by atoms with van der Waals surface area (Å²) < 4.78 is 24.9. The number of rotatable bonds is 7. The molecular formula is C38H58O10. The third kappa shape index (κ3) is 5.37. The lowest BCUT2D eigenvalue weighted by Gasteiger charge is -2.64. The third-order valence-electron chi connectivity index (χ3n) is 14.5. The summed E-state index contributed by atoms with van der Waals surface area (Å²) in [6, 6.07) is 0. The standard InChI is InChI=1S/C38H58O10/c1-20(39)45-31-25(46-30(43)19-35(6,44)18-29(41)42)17-36(7)24-16-27(40)38(9)22(21-10-13-28-34(4,5)48-32(21)47-28)14-15-37(38,8)23(24)11-12-26(36)33(31,2)3/h21-22,25-28,31-32,40,44H,10-19H2,1-9H3,(H,41,42)/t21-,22-,25-,26+,27+,28+,31+,32+,35?,36-,37+,38+/m1/s1. The van der Waals surface area contributed by atoms with Gasteiger partial charge in [0.1, 0.15) is 12.2 Å². The van der Waals surface area contributed by atoms with Crippen molar-refractivity contribution in [3.05, 3.63) is 11.1 Å². The van der Waals surface area contributed by atoms with Crippen LogP contribution in [0, 0.1) is 39.4 Å². The Hall–Kier alpha value is -2.01. The van der Waals surface area contributed by atoms with Gasteiger partial charge in [-0.25, -0.2) is 0 Å². The number of carbonyl (C=O) groups excluding carboxylic acids is 2. The number of aliphatic hydroxyl groups excluding tert-OH is 1. The number of ether oxygens (including phenoxy) is 4. The topological polar surface area (TPSA) is 149 Å². The molecule has 2 saturated heterocycles. The number of carboxylic acids is 1. The summed E-state index contributed by atoms with van der Waals surface area (Å²) in [6.45, 7) is 17.9. The highest BCUT2D eigenvalue weighted by Gasteiger charge is 2.69. The van der Waals surface area contributed by atoms with Crippen molar-refractivity contribution in [1.29, 1.82) is 0 Å². The van der Waals surface area contributed by atoms with Crippen LogP contribution < -0.4 is 0 Å². The van der Waals surface area contributed by atoms with Gasteiger partial charge in [0.25, 0.3) is 0 Å². The van der Waals surface area contributed by atoms with E-state index in [0.29, 0.717) is 12.8 Å². The van der Waals surface area contributed by atoms with Crippen LogP contribution in [0.15, 0.2) is 11.1 Å². The highest BCUT2D eigenvalue weighted by atomic mass is 16.7. The van der Waals surface area contributed by atoms with E-state index in [2.05, 4.69) is 48.5 Å². The molecule has 4 aliphatic carbocycles. The number of carboxylic acid groups (broad SMARTS) is 1. The Bertz CT molecular complexity index is 1380. The van der Waals surface area contributed by atoms with E-state index < -0.39 is 65.5 Å². The molecule has 0 aromatic carbocycles. The first-order valence-electron chi connectivity index (χ1n) is 18.1. The fourth-order valence-corrected chi connectivity index (χ4v) is 12.1. The molecule has 0 radical (unpaired) electrons. The van der Waals surface area contributed by atoms with Crippen molar-refractivity contribution in [3.8, 4) is 0 Å². The maximum atomic E-state index is 13.3. The first kappa shape index (κ1) is 35.8. The lowest BCUT2D eigenvalue weighted by atomic mass is 9.42. The second-order valence-electron chi connectivity index (χ2n) is 18.2. The average Bonchev–Trinajstić information content (AvgIpc) is 3.35. The molecule has 6 aliphatic rings. The molecule has 10 nitrogen and oxygen atoms in total. The predicted octanol–water partition coefficient (Wildman–Crippen LogP) is 5.71. The van der Waals surface area contributed by atoms with Gasteiger partial charge in [0.05, 0.1) is 36.3 Å². The SMILES string of the molecule is CC(=O)O[C@H]1[C@H](OC(=O)CC(C)(O)CC(=O)O)C[C@]2(C)C3=C(CC[C@H]2C1(C)C)[C@]1(C)CC[C@H]([C@H]2CC[C@@H]4O[C@H]2OC4(C)C)[C@@]1(C)[C@@H](O)C3. The minimum absolute atomic E-state index is 0.0910. The number of aliphatic carboxylic acids is 1. The first-order chi connectivity index (χ1) is 22.1. The molecular weight excluding hydrogens is 616 g/mol. The molecule has 2 saturated carbocycles. The maximum Gasteiger partial charge on any atom is 0.309 e. The Morgan fingerprint density at radius 3 is 2.29 bits per heavy atom. The molecule has 0 spiro atoms. The highest BCUT2D eigenvalue weighted by Crippen LogP contribution is 2.73. The predicted molar refractivity (Wildman–Crippen MR) is 175 cm³/mol. The summed E-state index contributed by atoms with van der Waals surface area (Å²) >= 11 is 0. The number of allylic oxidation sites excluding steroid dienone is 1. The highest BCUT2D eigenvalue weighted by molar-refractivity contribution is 5.74. The van der Waals surface area contributed by atoms with Crippen molar-refractivity contribution in [2.45, 2.75) is 168 Å². The molecule has 2 bridgehead atoms. The largest absolute Gasteiger partial charge is 0.481 e. The van der Waals surface area contributed by atoms with Gasteiger partial charge in [-0.1, -0.05) is 45.8 Å². The zero-order chi connectivity index (χ0) is 35.4. The molecule has 2 aliphatic heterocycles. The van der Waals surface area contributed by atoms with E-state index in [1.807, 2.05) is 0 Å². The Morgan fingerprint density at radius 2 is 1.65 bits per heavy atom. The van der Waals surface area contributed by atoms with Gasteiger partial charge in [-0.15, -0.1) is 0 Å². The van der Waals surface area contributed by atoms with E-state index in [1.165, 1.54) is 25.0 Å². The van der Waals surface area contributed by atoms with Crippen LogP contribution in [0.4, 0.5) is 0 Å². The molecule has 3 N–H and O–H groups in total. The van der Waals surface area contributed by atoms with Crippen LogP contribution >= 0.6 is 0 Å². The summed E-state index contributed by atoms with van der Waals surface area (Å²) in [5.41, 5.74) is -1.05. The van der Waals surface area contributed by atoms with E-state index in [0.717, 1.165) is 38.5 Å². The summed E-state index contributed by atoms with van der Waals surface area (Å²) in [6.07, 6.45) is 3.32. The minimum Gasteiger partial charge on any atom is -0.481 e. The van der Waals surface area contributed by atoms with Crippen molar-refractivity contribution in [2.24, 2.45) is 39.4 Å². The van der Waals surface area contributed by atoms with E-state index in [-0.39, 0.29) is 46.6 Å². The zero-order valence-electron chi connectivity index (χ0n) is 30.4. The van der Waals surface area contributed by atoms with Crippen molar-refractivity contribution >= 4 is 17.9 Å². The van der Waals surface area contributed by atoms with E-state index in [1.54, 1.807) is 0 Å². The monoisotopic (exact) mass is 674 g/mol. The molecule has 0 aromatic heterocycles. The fraction of sp³-hybridized carbons (Fsp3) is 0.868. The summed E-state index contributed by atoms with van der Waals surface area (Å²) in [5.74, 6) is -1.85. The van der Waals surface area contributed by atoms with Crippen molar-refractivity contribution in [2.75, 3.05) is 0 Å². The van der Waals surface area contributed by atoms with Crippen molar-refractivity contribution in [1.82, 2.24) is 0 Å². The quantitative estimate of drug-likeness (QED) is 0.227. The number of aliphatic hydroxyl groups is 2. The van der Waals surface area contributed by atoms with Gasteiger partial charge < -0.3 is 34.3 Å². The fourth-order valence-electron chi connectivity index (χ4n) is 12.1. The van der Waals surface area contributed by atoms with E-state index in [4.69, 9.17) is 18.9 Å². The molecule has 10 heteroatoms. The van der Waals surface area contributed by atoms with E-state index in [9.17, 15) is 29.7 Å². The molecule has 48 heavy (non-hydrogen) atoms. The van der Waals surface area contributed by atoms with Crippen molar-refractivity contribution in [3.63, 3.8) is 0 Å². The molecule has 6 rings (SSSR count). The van der Waals surface area contributed by atoms with Gasteiger partial charge in [0, 0.05) is 23.7 Å². The minimum atomic E-state index is -1.79. The molecule has 12 atom stereocenters. The van der Waals surface area contributed by atoms with Gasteiger partial charge in [-0.2, -0.15) is 0 Å². The van der Waals surface area contributed by atoms with Gasteiger partial charge in [0.15, 0.2) is 6.29 Å². The molecule has 1 unspecified atom stereocenters. The lowest BCUT2D eigenvalue weighted by molar-refractivity contribution is -0.209. The van der Waals surface area contributed by atoms with Crippen LogP contribution in [0.3, 0.4) is 0 Å². The molecule has 0 aromatic rings. The van der Waals surface area contributed by atoms with Crippen LogP contribution in [0.1, 0.15) is 127 Å². The molecule has 4 fully saturated rings. The smallest absolute Gasteiger partial charge is 0.309 e. The number of hydrogen-bond acceptors (Lipinski definition) is 9. The number of fused-ring (bicyclic) bond motifs is 6. The summed E-state index contributed by atoms with van der Waals surface area (Å²) in [7, 11) is 0. The van der Waals surface area contributed by atoms with Gasteiger partial charge in [-0.05, 0) is 94.8 Å². The van der Waals surface area contributed by atoms with Crippen molar-refractivity contribution < 1.29 is 48.7 Å². The first-order valence-corrected chi connectivity index (χ1v) is 18.1. The maximum absolute atomic E-state index is 13.3. The molecule has 270 valence electrons. The number of esters is 2. The van der Waals surface area contributed by atoms with E-state index >= 15 is 0 Å². The van der Waals surface area contributed by atoms with Crippen LogP contribution in [-0.4, -0.2) is 75.1 Å². The third-order valence-corrected chi connectivity index (χ3v) is 14.5. The van der Waals surface area contributed by atoms with Crippen LogP contribution in [0.5, 0.6) is 0 Å². The second-order valence-corrected chi connectivity index (χ2v) is 18.2. The lowest BCUT2D eigenvalue weighted by Crippen LogP contribution is -2.63.